The van der Waals surface area contributed by atoms with E-state index in [2.05, 4.69) is 10.3 Å². The summed E-state index contributed by atoms with van der Waals surface area (Å²) < 4.78 is 6.76. The lowest BCUT2D eigenvalue weighted by Crippen LogP contribution is -2.42. The normalized spacial score (nSPS) is 16.4. The van der Waals surface area contributed by atoms with E-state index >= 15 is 0 Å². The van der Waals surface area contributed by atoms with E-state index in [1.54, 1.807) is 4.90 Å². The summed E-state index contributed by atoms with van der Waals surface area (Å²) in [5.74, 6) is -1.09. The molecule has 1 amide bonds. The van der Waals surface area contributed by atoms with Crippen LogP contribution in [0.5, 0.6) is 0 Å². The van der Waals surface area contributed by atoms with E-state index in [0.29, 0.717) is 25.9 Å². The second-order valence-electron chi connectivity index (χ2n) is 6.54. The number of nitrogens with zero attached hydrogens (tertiary/aromatic N) is 4. The van der Waals surface area contributed by atoms with Crippen LogP contribution < -0.4 is 5.73 Å². The molecule has 23 heavy (non-hydrogen) atoms. The third-order valence-corrected chi connectivity index (χ3v) is 3.62. The Morgan fingerprint density at radius 1 is 1.35 bits per heavy atom. The number of carbonyl (C=O) groups is 2. The van der Waals surface area contributed by atoms with Crippen LogP contribution in [0.3, 0.4) is 0 Å². The molecule has 1 aliphatic rings. The first-order chi connectivity index (χ1) is 10.7. The van der Waals surface area contributed by atoms with Gasteiger partial charge in [-0.05, 0) is 33.6 Å². The smallest absolute Gasteiger partial charge is 0.410 e. The molecule has 9 nitrogen and oxygen atoms in total. The first-order valence-electron chi connectivity index (χ1n) is 7.58. The molecule has 1 fully saturated rings. The fourth-order valence-corrected chi connectivity index (χ4v) is 2.56. The van der Waals surface area contributed by atoms with Crippen LogP contribution in [0.2, 0.25) is 0 Å². The minimum Gasteiger partial charge on any atom is -0.476 e. The van der Waals surface area contributed by atoms with Crippen molar-refractivity contribution >= 4 is 12.1 Å². The minimum atomic E-state index is -1.09. The number of carbonyl (C=O) groups excluding carboxylic acids is 1. The summed E-state index contributed by atoms with van der Waals surface area (Å²) in [6.45, 7) is 6.45. The molecule has 0 spiro atoms. The van der Waals surface area contributed by atoms with Gasteiger partial charge in [-0.2, -0.15) is 0 Å². The first-order valence-corrected chi connectivity index (χ1v) is 7.58. The van der Waals surface area contributed by atoms with Crippen molar-refractivity contribution in [3.63, 3.8) is 0 Å². The van der Waals surface area contributed by atoms with Crippen molar-refractivity contribution < 1.29 is 19.4 Å². The molecule has 0 radical (unpaired) electrons. The van der Waals surface area contributed by atoms with Gasteiger partial charge >= 0.3 is 12.1 Å². The summed E-state index contributed by atoms with van der Waals surface area (Å²) in [7, 11) is 0. The van der Waals surface area contributed by atoms with Gasteiger partial charge in [0.25, 0.3) is 0 Å². The molecule has 1 aromatic rings. The third-order valence-electron chi connectivity index (χ3n) is 3.62. The Morgan fingerprint density at radius 3 is 2.43 bits per heavy atom. The number of hydrogen-bond donors (Lipinski definition) is 2. The largest absolute Gasteiger partial charge is 0.476 e. The van der Waals surface area contributed by atoms with E-state index < -0.39 is 11.6 Å². The van der Waals surface area contributed by atoms with Gasteiger partial charge in [-0.3, -0.25) is 0 Å². The topological polar surface area (TPSA) is 124 Å². The summed E-state index contributed by atoms with van der Waals surface area (Å²) in [6.07, 6.45) is 0.829. The zero-order chi connectivity index (χ0) is 17.2. The Balaban J connectivity index is 2.04. The predicted octanol–water partition coefficient (Wildman–Crippen LogP) is 1.01. The SMILES string of the molecule is CC(C)(C)OC(=O)N1CCC(n2nnc(CN)c2C(=O)O)CC1. The van der Waals surface area contributed by atoms with Gasteiger partial charge in [-0.15, -0.1) is 5.10 Å². The molecule has 1 saturated heterocycles. The summed E-state index contributed by atoms with van der Waals surface area (Å²) in [6, 6.07) is -0.118. The second kappa shape index (κ2) is 6.53. The Morgan fingerprint density at radius 2 is 1.96 bits per heavy atom. The number of likely N-dealkylation sites (tertiary alicyclic amines) is 1. The van der Waals surface area contributed by atoms with E-state index in [4.69, 9.17) is 10.5 Å². The van der Waals surface area contributed by atoms with Crippen LogP contribution in [0.4, 0.5) is 4.79 Å². The van der Waals surface area contributed by atoms with Crippen LogP contribution in [0.1, 0.15) is 55.8 Å². The zero-order valence-electron chi connectivity index (χ0n) is 13.7. The van der Waals surface area contributed by atoms with Crippen molar-refractivity contribution in [1.82, 2.24) is 19.9 Å². The molecule has 0 aromatic carbocycles. The maximum absolute atomic E-state index is 12.0. The Kier molecular flexibility index (Phi) is 4.88. The zero-order valence-corrected chi connectivity index (χ0v) is 13.7. The van der Waals surface area contributed by atoms with Gasteiger partial charge in [0.05, 0.1) is 6.04 Å². The molecule has 2 heterocycles. The molecular weight excluding hydrogens is 302 g/mol. The lowest BCUT2D eigenvalue weighted by atomic mass is 10.1. The Hall–Kier alpha value is -2.16. The van der Waals surface area contributed by atoms with Crippen LogP contribution >= 0.6 is 0 Å². The van der Waals surface area contributed by atoms with E-state index in [1.807, 2.05) is 20.8 Å². The molecule has 0 aliphatic carbocycles. The molecule has 1 aromatic heterocycles. The number of amides is 1. The number of ether oxygens (including phenoxy) is 1. The number of carboxylic acids is 1. The third kappa shape index (κ3) is 3.98. The van der Waals surface area contributed by atoms with Crippen molar-refractivity contribution in [2.24, 2.45) is 5.73 Å². The average molecular weight is 325 g/mol. The van der Waals surface area contributed by atoms with Gasteiger partial charge in [0.2, 0.25) is 0 Å². The van der Waals surface area contributed by atoms with E-state index in [-0.39, 0.29) is 30.1 Å². The number of aromatic carboxylic acids is 1. The Bertz CT molecular complexity index is 584. The maximum atomic E-state index is 12.0. The summed E-state index contributed by atoms with van der Waals surface area (Å²) in [5, 5.41) is 17.1. The van der Waals surface area contributed by atoms with Crippen molar-refractivity contribution in [3.05, 3.63) is 11.4 Å². The van der Waals surface area contributed by atoms with E-state index in [1.165, 1.54) is 4.68 Å². The molecule has 2 rings (SSSR count). The molecule has 0 atom stereocenters. The van der Waals surface area contributed by atoms with Crippen molar-refractivity contribution in [1.29, 1.82) is 0 Å². The lowest BCUT2D eigenvalue weighted by Gasteiger charge is -2.33. The van der Waals surface area contributed by atoms with Crippen molar-refractivity contribution in [3.8, 4) is 0 Å². The van der Waals surface area contributed by atoms with Crippen LogP contribution in [0, 0.1) is 0 Å². The van der Waals surface area contributed by atoms with Gasteiger partial charge in [0.15, 0.2) is 5.69 Å². The van der Waals surface area contributed by atoms with Gasteiger partial charge in [-0.1, -0.05) is 5.21 Å². The van der Waals surface area contributed by atoms with Crippen LogP contribution in [0.25, 0.3) is 0 Å². The maximum Gasteiger partial charge on any atom is 0.410 e. The van der Waals surface area contributed by atoms with E-state index in [9.17, 15) is 14.7 Å². The molecule has 128 valence electrons. The van der Waals surface area contributed by atoms with Gasteiger partial charge in [0.1, 0.15) is 11.3 Å². The molecule has 3 N–H and O–H groups in total. The molecule has 0 saturated carbocycles. The fraction of sp³-hybridized carbons (Fsp3) is 0.714. The average Bonchev–Trinajstić information content (AvgIpc) is 2.89. The highest BCUT2D eigenvalue weighted by Gasteiger charge is 2.31. The van der Waals surface area contributed by atoms with Gasteiger partial charge in [0, 0.05) is 19.6 Å². The predicted molar refractivity (Wildman–Crippen MR) is 81.0 cm³/mol. The molecule has 9 heteroatoms. The minimum absolute atomic E-state index is 0.0262. The van der Waals surface area contributed by atoms with Crippen molar-refractivity contribution in [2.45, 2.75) is 51.8 Å². The summed E-state index contributed by atoms with van der Waals surface area (Å²) >= 11 is 0. The fourth-order valence-electron chi connectivity index (χ4n) is 2.56. The molecule has 1 aliphatic heterocycles. The molecule has 0 bridgehead atoms. The number of aromatic nitrogens is 3. The van der Waals surface area contributed by atoms with E-state index in [0.717, 1.165) is 0 Å². The summed E-state index contributed by atoms with van der Waals surface area (Å²) in [4.78, 5) is 25.1. The lowest BCUT2D eigenvalue weighted by molar-refractivity contribution is 0.0181. The number of hydrogen-bond acceptors (Lipinski definition) is 6. The van der Waals surface area contributed by atoms with Crippen LogP contribution in [0.15, 0.2) is 0 Å². The standard InChI is InChI=1S/C14H23N5O4/c1-14(2,3)23-13(22)18-6-4-9(5-7-18)19-11(12(20)21)10(8-15)16-17-19/h9H,4-8,15H2,1-3H3,(H,20,21). The summed E-state index contributed by atoms with van der Waals surface area (Å²) in [5.41, 5.74) is 5.27. The van der Waals surface area contributed by atoms with Crippen molar-refractivity contribution in [2.75, 3.05) is 13.1 Å². The monoisotopic (exact) mass is 325 g/mol. The molecule has 0 unspecified atom stereocenters. The highest BCUT2D eigenvalue weighted by Crippen LogP contribution is 2.25. The Labute approximate surface area is 134 Å². The molecular formula is C14H23N5O4. The first kappa shape index (κ1) is 17.2. The van der Waals surface area contributed by atoms with Gasteiger partial charge in [-0.25, -0.2) is 14.3 Å². The van der Waals surface area contributed by atoms with Gasteiger partial charge < -0.3 is 20.5 Å². The highest BCUT2D eigenvalue weighted by atomic mass is 16.6. The number of carboxylic acid groups (broad SMARTS) is 1. The van der Waals surface area contributed by atoms with Crippen LogP contribution in [-0.2, 0) is 11.3 Å². The second-order valence-corrected chi connectivity index (χ2v) is 6.54. The van der Waals surface area contributed by atoms with Crippen LogP contribution in [-0.4, -0.2) is 55.8 Å². The quantitative estimate of drug-likeness (QED) is 0.849. The number of piperidine rings is 1. The number of nitrogens with two attached hydrogens (primary N) is 1. The highest BCUT2D eigenvalue weighted by molar-refractivity contribution is 5.86. The number of rotatable bonds is 3.